The van der Waals surface area contributed by atoms with Crippen LogP contribution in [-0.4, -0.2) is 16.8 Å². The Balaban J connectivity index is 2.45. The van der Waals surface area contributed by atoms with E-state index in [-0.39, 0.29) is 0 Å². The quantitative estimate of drug-likeness (QED) is 0.906. The molecule has 0 aliphatic carbocycles. The van der Waals surface area contributed by atoms with Gasteiger partial charge in [-0.3, -0.25) is 0 Å². The van der Waals surface area contributed by atoms with Gasteiger partial charge in [0.05, 0.1) is 11.9 Å². The average molecular weight is 278 g/mol. The van der Waals surface area contributed by atoms with Crippen molar-refractivity contribution < 1.29 is 0 Å². The number of aromatic nitrogens is 2. The Hall–Kier alpha value is -1.32. The second kappa shape index (κ2) is 6.22. The second-order valence-electron chi connectivity index (χ2n) is 4.74. The lowest BCUT2D eigenvalue weighted by Crippen LogP contribution is -2.09. The molecule has 1 aromatic carbocycles. The van der Waals surface area contributed by atoms with Gasteiger partial charge in [-0.1, -0.05) is 31.0 Å². The van der Waals surface area contributed by atoms with E-state index in [0.29, 0.717) is 0 Å². The highest BCUT2D eigenvalue weighted by Crippen LogP contribution is 2.22. The molecule has 0 unspecified atom stereocenters. The SMILES string of the molecule is CCCc1c(CNC)cnn1-c1ccc(C)c(Cl)c1. The van der Waals surface area contributed by atoms with Gasteiger partial charge >= 0.3 is 0 Å². The summed E-state index contributed by atoms with van der Waals surface area (Å²) in [6.45, 7) is 5.03. The summed E-state index contributed by atoms with van der Waals surface area (Å²) >= 11 is 6.21. The van der Waals surface area contributed by atoms with E-state index in [0.717, 1.165) is 35.7 Å². The van der Waals surface area contributed by atoms with Gasteiger partial charge in [-0.15, -0.1) is 0 Å². The van der Waals surface area contributed by atoms with Crippen molar-refractivity contribution in [2.24, 2.45) is 0 Å². The molecule has 0 aliphatic heterocycles. The monoisotopic (exact) mass is 277 g/mol. The van der Waals surface area contributed by atoms with Crippen LogP contribution in [0.2, 0.25) is 5.02 Å². The Bertz CT molecular complexity index is 561. The fourth-order valence-electron chi connectivity index (χ4n) is 2.19. The van der Waals surface area contributed by atoms with Gasteiger partial charge in [0.2, 0.25) is 0 Å². The van der Waals surface area contributed by atoms with E-state index in [1.807, 2.05) is 37.0 Å². The Morgan fingerprint density at radius 2 is 2.16 bits per heavy atom. The van der Waals surface area contributed by atoms with Crippen LogP contribution in [-0.2, 0) is 13.0 Å². The van der Waals surface area contributed by atoms with Gasteiger partial charge in [-0.25, -0.2) is 4.68 Å². The first-order valence-corrected chi connectivity index (χ1v) is 7.02. The third-order valence-electron chi connectivity index (χ3n) is 3.21. The summed E-state index contributed by atoms with van der Waals surface area (Å²) in [7, 11) is 1.95. The van der Waals surface area contributed by atoms with Crippen molar-refractivity contribution in [1.82, 2.24) is 15.1 Å². The Morgan fingerprint density at radius 1 is 1.37 bits per heavy atom. The maximum atomic E-state index is 6.21. The summed E-state index contributed by atoms with van der Waals surface area (Å²) in [5.41, 5.74) is 4.63. The predicted molar refractivity (Wildman–Crippen MR) is 80.1 cm³/mol. The summed E-state index contributed by atoms with van der Waals surface area (Å²) in [5, 5.41) is 8.48. The lowest BCUT2D eigenvalue weighted by Gasteiger charge is -2.10. The zero-order valence-electron chi connectivity index (χ0n) is 11.7. The van der Waals surface area contributed by atoms with Crippen LogP contribution in [0.4, 0.5) is 0 Å². The van der Waals surface area contributed by atoms with Crippen LogP contribution in [0.15, 0.2) is 24.4 Å². The first kappa shape index (κ1) is 14.1. The van der Waals surface area contributed by atoms with Crippen LogP contribution in [0.25, 0.3) is 5.69 Å². The van der Waals surface area contributed by atoms with E-state index in [2.05, 4.69) is 23.4 Å². The number of aryl methyl sites for hydroxylation is 1. The average Bonchev–Trinajstić information content (AvgIpc) is 2.77. The summed E-state index contributed by atoms with van der Waals surface area (Å²) < 4.78 is 2.00. The predicted octanol–water partition coefficient (Wildman–Crippen LogP) is 3.51. The van der Waals surface area contributed by atoms with Crippen LogP contribution in [0.5, 0.6) is 0 Å². The van der Waals surface area contributed by atoms with Gasteiger partial charge in [-0.2, -0.15) is 5.10 Å². The van der Waals surface area contributed by atoms with E-state index in [9.17, 15) is 0 Å². The molecule has 19 heavy (non-hydrogen) atoms. The third kappa shape index (κ3) is 2.99. The molecule has 0 saturated heterocycles. The van der Waals surface area contributed by atoms with Crippen LogP contribution in [0, 0.1) is 6.92 Å². The summed E-state index contributed by atoms with van der Waals surface area (Å²) in [6, 6.07) is 6.08. The van der Waals surface area contributed by atoms with Gasteiger partial charge in [0.25, 0.3) is 0 Å². The molecule has 2 aromatic rings. The Labute approximate surface area is 119 Å². The second-order valence-corrected chi connectivity index (χ2v) is 5.15. The zero-order chi connectivity index (χ0) is 13.8. The van der Waals surface area contributed by atoms with Crippen LogP contribution >= 0.6 is 11.6 Å². The highest BCUT2D eigenvalue weighted by Gasteiger charge is 2.11. The van der Waals surface area contributed by atoms with Crippen molar-refractivity contribution in [2.75, 3.05) is 7.05 Å². The van der Waals surface area contributed by atoms with E-state index in [4.69, 9.17) is 11.6 Å². The minimum absolute atomic E-state index is 0.783. The molecule has 4 heteroatoms. The van der Waals surface area contributed by atoms with Gasteiger partial charge in [0, 0.05) is 22.8 Å². The molecule has 0 aliphatic rings. The summed E-state index contributed by atoms with van der Waals surface area (Å²) in [5.74, 6) is 0. The van der Waals surface area contributed by atoms with Gasteiger partial charge in [0.1, 0.15) is 0 Å². The summed E-state index contributed by atoms with van der Waals surface area (Å²) in [4.78, 5) is 0. The zero-order valence-corrected chi connectivity index (χ0v) is 12.5. The molecule has 0 fully saturated rings. The third-order valence-corrected chi connectivity index (χ3v) is 3.62. The lowest BCUT2D eigenvalue weighted by atomic mass is 10.1. The number of halogens is 1. The lowest BCUT2D eigenvalue weighted by molar-refractivity contribution is 0.750. The summed E-state index contributed by atoms with van der Waals surface area (Å²) in [6.07, 6.45) is 4.06. The molecular weight excluding hydrogens is 258 g/mol. The first-order chi connectivity index (χ1) is 9.17. The highest BCUT2D eigenvalue weighted by atomic mass is 35.5. The topological polar surface area (TPSA) is 29.9 Å². The molecule has 2 rings (SSSR count). The van der Waals surface area contributed by atoms with Crippen molar-refractivity contribution in [3.63, 3.8) is 0 Å². The number of hydrogen-bond donors (Lipinski definition) is 1. The van der Waals surface area contributed by atoms with Crippen molar-refractivity contribution in [3.05, 3.63) is 46.2 Å². The molecule has 0 atom stereocenters. The Kier molecular flexibility index (Phi) is 4.61. The van der Waals surface area contributed by atoms with E-state index in [1.165, 1.54) is 11.3 Å². The van der Waals surface area contributed by atoms with Crippen molar-refractivity contribution in [2.45, 2.75) is 33.2 Å². The number of nitrogens with one attached hydrogen (secondary N) is 1. The minimum atomic E-state index is 0.783. The standard InChI is InChI=1S/C15H20ClN3/c1-4-5-15-12(9-17-3)10-18-19(15)13-7-6-11(2)14(16)8-13/h6-8,10,17H,4-5,9H2,1-3H3. The molecule has 1 aromatic heterocycles. The van der Waals surface area contributed by atoms with Crippen molar-refractivity contribution in [3.8, 4) is 5.69 Å². The van der Waals surface area contributed by atoms with E-state index in [1.54, 1.807) is 0 Å². The smallest absolute Gasteiger partial charge is 0.0663 e. The number of rotatable bonds is 5. The maximum Gasteiger partial charge on any atom is 0.0663 e. The molecule has 1 N–H and O–H groups in total. The van der Waals surface area contributed by atoms with Crippen LogP contribution in [0.3, 0.4) is 0 Å². The first-order valence-electron chi connectivity index (χ1n) is 6.64. The fourth-order valence-corrected chi connectivity index (χ4v) is 2.36. The largest absolute Gasteiger partial charge is 0.316 e. The highest BCUT2D eigenvalue weighted by molar-refractivity contribution is 6.31. The molecule has 0 saturated carbocycles. The Morgan fingerprint density at radius 3 is 2.79 bits per heavy atom. The molecule has 3 nitrogen and oxygen atoms in total. The van der Waals surface area contributed by atoms with Crippen LogP contribution < -0.4 is 5.32 Å². The molecule has 1 heterocycles. The molecule has 0 spiro atoms. The van der Waals surface area contributed by atoms with Gasteiger partial charge in [0.15, 0.2) is 0 Å². The molecule has 0 radical (unpaired) electrons. The minimum Gasteiger partial charge on any atom is -0.316 e. The molecule has 102 valence electrons. The van der Waals surface area contributed by atoms with Gasteiger partial charge in [-0.05, 0) is 38.1 Å². The van der Waals surface area contributed by atoms with Crippen molar-refractivity contribution in [1.29, 1.82) is 0 Å². The fraction of sp³-hybridized carbons (Fsp3) is 0.400. The van der Waals surface area contributed by atoms with Gasteiger partial charge < -0.3 is 5.32 Å². The van der Waals surface area contributed by atoms with E-state index < -0.39 is 0 Å². The van der Waals surface area contributed by atoms with Crippen LogP contribution in [0.1, 0.15) is 30.2 Å². The molecule has 0 amide bonds. The van der Waals surface area contributed by atoms with Crippen molar-refractivity contribution >= 4 is 11.6 Å². The normalized spacial score (nSPS) is 10.9. The molecular formula is C15H20ClN3. The number of nitrogens with zero attached hydrogens (tertiary/aromatic N) is 2. The van der Waals surface area contributed by atoms with E-state index >= 15 is 0 Å². The number of benzene rings is 1. The maximum absolute atomic E-state index is 6.21. The molecule has 0 bridgehead atoms. The number of hydrogen-bond acceptors (Lipinski definition) is 2.